The van der Waals surface area contributed by atoms with Crippen LogP contribution < -0.4 is 10.2 Å². The summed E-state index contributed by atoms with van der Waals surface area (Å²) in [6, 6.07) is 0.305. The van der Waals surface area contributed by atoms with E-state index in [9.17, 15) is 4.79 Å². The highest BCUT2D eigenvalue weighted by Crippen LogP contribution is 2.33. The number of hydrogen-bond donors (Lipinski definition) is 1. The first-order valence-corrected chi connectivity index (χ1v) is 9.54. The van der Waals surface area contributed by atoms with Gasteiger partial charge in [-0.2, -0.15) is 5.10 Å². The summed E-state index contributed by atoms with van der Waals surface area (Å²) in [5, 5.41) is 8.29. The third-order valence-electron chi connectivity index (χ3n) is 4.43. The predicted octanol–water partition coefficient (Wildman–Crippen LogP) is 3.01. The standard InChI is InChI=1S/C17H25BrN6O2/c1-10-8-11(21-16(25)26-17(2,3)4)6-7-24(10)15-12-13(18)22-23(5)14(12)19-9-20-15/h9-11H,6-8H2,1-5H3,(H,21,25). The molecule has 1 N–H and O–H groups in total. The second-order valence-corrected chi connectivity index (χ2v) is 8.47. The van der Waals surface area contributed by atoms with Gasteiger partial charge in [0.2, 0.25) is 0 Å². The number of carbonyl (C=O) groups excluding carboxylic acids is 1. The Labute approximate surface area is 161 Å². The van der Waals surface area contributed by atoms with Gasteiger partial charge in [0.1, 0.15) is 22.3 Å². The summed E-state index contributed by atoms with van der Waals surface area (Å²) in [6.07, 6.45) is 2.86. The molecule has 0 aromatic carbocycles. The molecule has 2 aromatic rings. The maximum atomic E-state index is 12.0. The third kappa shape index (κ3) is 3.92. The molecular weight excluding hydrogens is 400 g/mol. The first-order chi connectivity index (χ1) is 12.2. The summed E-state index contributed by atoms with van der Waals surface area (Å²) >= 11 is 3.52. The minimum atomic E-state index is -0.491. The van der Waals surface area contributed by atoms with Crippen molar-refractivity contribution < 1.29 is 9.53 Å². The number of ether oxygens (including phenoxy) is 1. The number of aromatic nitrogens is 4. The number of piperidine rings is 1. The fraction of sp³-hybridized carbons (Fsp3) is 0.647. The molecule has 2 unspecified atom stereocenters. The fourth-order valence-corrected chi connectivity index (χ4v) is 3.93. The van der Waals surface area contributed by atoms with Crippen LogP contribution in [0.15, 0.2) is 10.9 Å². The Bertz CT molecular complexity index is 815. The smallest absolute Gasteiger partial charge is 0.407 e. The second kappa shape index (κ2) is 7.02. The molecule has 0 aliphatic carbocycles. The molecule has 2 aromatic heterocycles. The van der Waals surface area contributed by atoms with E-state index in [0.29, 0.717) is 0 Å². The number of nitrogens with zero attached hydrogens (tertiary/aromatic N) is 5. The van der Waals surface area contributed by atoms with Crippen LogP contribution in [-0.4, -0.2) is 50.1 Å². The molecule has 3 rings (SSSR count). The molecule has 0 spiro atoms. The average Bonchev–Trinajstić information content (AvgIpc) is 2.80. The summed E-state index contributed by atoms with van der Waals surface area (Å²) in [6.45, 7) is 8.52. The first-order valence-electron chi connectivity index (χ1n) is 8.75. The van der Waals surface area contributed by atoms with Crippen molar-refractivity contribution >= 4 is 38.9 Å². The monoisotopic (exact) mass is 424 g/mol. The van der Waals surface area contributed by atoms with Crippen molar-refractivity contribution in [3.8, 4) is 0 Å². The van der Waals surface area contributed by atoms with E-state index in [-0.39, 0.29) is 18.2 Å². The topological polar surface area (TPSA) is 85.2 Å². The molecule has 1 aliphatic rings. The van der Waals surface area contributed by atoms with Crippen molar-refractivity contribution in [2.75, 3.05) is 11.4 Å². The SMILES string of the molecule is CC1CC(NC(=O)OC(C)(C)C)CCN1c1ncnc2c1c(Br)nn2C. The summed E-state index contributed by atoms with van der Waals surface area (Å²) in [5.41, 5.74) is 0.304. The number of anilines is 1. The lowest BCUT2D eigenvalue weighted by molar-refractivity contribution is 0.0494. The average molecular weight is 425 g/mol. The van der Waals surface area contributed by atoms with Crippen LogP contribution in [0.25, 0.3) is 11.0 Å². The molecule has 142 valence electrons. The number of alkyl carbamates (subject to hydrolysis) is 1. The van der Waals surface area contributed by atoms with Gasteiger partial charge in [0.15, 0.2) is 5.65 Å². The highest BCUT2D eigenvalue weighted by molar-refractivity contribution is 9.10. The predicted molar refractivity (Wildman–Crippen MR) is 103 cm³/mol. The molecular formula is C17H25BrN6O2. The quantitative estimate of drug-likeness (QED) is 0.797. The van der Waals surface area contributed by atoms with Gasteiger partial charge in [0, 0.05) is 25.7 Å². The van der Waals surface area contributed by atoms with Gasteiger partial charge in [0.25, 0.3) is 0 Å². The zero-order chi connectivity index (χ0) is 19.1. The molecule has 1 fully saturated rings. The largest absolute Gasteiger partial charge is 0.444 e. The van der Waals surface area contributed by atoms with E-state index >= 15 is 0 Å². The van der Waals surface area contributed by atoms with Crippen LogP contribution >= 0.6 is 15.9 Å². The molecule has 3 heterocycles. The molecule has 8 nitrogen and oxygen atoms in total. The normalized spacial score (nSPS) is 21.1. The Morgan fingerprint density at radius 2 is 2.12 bits per heavy atom. The van der Waals surface area contributed by atoms with Gasteiger partial charge in [-0.05, 0) is 56.5 Å². The molecule has 26 heavy (non-hydrogen) atoms. The first kappa shape index (κ1) is 18.9. The van der Waals surface area contributed by atoms with E-state index in [2.05, 4.69) is 48.1 Å². The summed E-state index contributed by atoms with van der Waals surface area (Å²) in [4.78, 5) is 23.1. The van der Waals surface area contributed by atoms with Crippen LogP contribution in [0.2, 0.25) is 0 Å². The molecule has 1 amide bonds. The number of nitrogens with one attached hydrogen (secondary N) is 1. The molecule has 1 aliphatic heterocycles. The molecule has 0 saturated carbocycles. The zero-order valence-corrected chi connectivity index (χ0v) is 17.4. The van der Waals surface area contributed by atoms with E-state index in [0.717, 1.165) is 40.8 Å². The second-order valence-electron chi connectivity index (χ2n) is 7.72. The fourth-order valence-electron chi connectivity index (χ4n) is 3.34. The van der Waals surface area contributed by atoms with Crippen molar-refractivity contribution in [1.29, 1.82) is 0 Å². The van der Waals surface area contributed by atoms with Gasteiger partial charge in [-0.1, -0.05) is 0 Å². The van der Waals surface area contributed by atoms with Crippen molar-refractivity contribution in [3.63, 3.8) is 0 Å². The van der Waals surface area contributed by atoms with Gasteiger partial charge in [0.05, 0.1) is 5.39 Å². The molecule has 2 atom stereocenters. The van der Waals surface area contributed by atoms with Crippen molar-refractivity contribution in [2.24, 2.45) is 7.05 Å². The van der Waals surface area contributed by atoms with E-state index in [1.165, 1.54) is 0 Å². The van der Waals surface area contributed by atoms with Crippen LogP contribution in [0.5, 0.6) is 0 Å². The highest BCUT2D eigenvalue weighted by atomic mass is 79.9. The number of aryl methyl sites for hydroxylation is 1. The molecule has 9 heteroatoms. The number of halogens is 1. The summed E-state index contributed by atoms with van der Waals surface area (Å²) in [7, 11) is 1.87. The van der Waals surface area contributed by atoms with E-state index < -0.39 is 5.60 Å². The lowest BCUT2D eigenvalue weighted by Crippen LogP contribution is -2.50. The maximum absolute atomic E-state index is 12.0. The minimum Gasteiger partial charge on any atom is -0.444 e. The Balaban J connectivity index is 1.73. The molecule has 1 saturated heterocycles. The number of rotatable bonds is 2. The van der Waals surface area contributed by atoms with Crippen molar-refractivity contribution in [2.45, 2.75) is 58.2 Å². The van der Waals surface area contributed by atoms with Gasteiger partial charge in [-0.3, -0.25) is 0 Å². The van der Waals surface area contributed by atoms with E-state index in [1.54, 1.807) is 11.0 Å². The van der Waals surface area contributed by atoms with Crippen LogP contribution in [0.1, 0.15) is 40.5 Å². The number of hydrogen-bond acceptors (Lipinski definition) is 6. The Morgan fingerprint density at radius 1 is 1.38 bits per heavy atom. The Kier molecular flexibility index (Phi) is 5.09. The van der Waals surface area contributed by atoms with E-state index in [4.69, 9.17) is 4.74 Å². The lowest BCUT2D eigenvalue weighted by Gasteiger charge is -2.39. The summed E-state index contributed by atoms with van der Waals surface area (Å²) in [5.74, 6) is 0.873. The number of amides is 1. The third-order valence-corrected chi connectivity index (χ3v) is 4.98. The maximum Gasteiger partial charge on any atom is 0.407 e. The zero-order valence-electron chi connectivity index (χ0n) is 15.8. The number of carbonyl (C=O) groups is 1. The highest BCUT2D eigenvalue weighted by Gasteiger charge is 2.30. The van der Waals surface area contributed by atoms with Crippen LogP contribution in [-0.2, 0) is 11.8 Å². The summed E-state index contributed by atoms with van der Waals surface area (Å²) < 4.78 is 7.85. The Hall–Kier alpha value is -1.90. The van der Waals surface area contributed by atoms with Crippen molar-refractivity contribution in [1.82, 2.24) is 25.1 Å². The van der Waals surface area contributed by atoms with Crippen LogP contribution in [0.3, 0.4) is 0 Å². The van der Waals surface area contributed by atoms with Crippen molar-refractivity contribution in [3.05, 3.63) is 10.9 Å². The Morgan fingerprint density at radius 3 is 2.77 bits per heavy atom. The minimum absolute atomic E-state index is 0.0887. The van der Waals surface area contributed by atoms with Gasteiger partial charge < -0.3 is 15.0 Å². The van der Waals surface area contributed by atoms with Crippen LogP contribution in [0, 0.1) is 0 Å². The number of fused-ring (bicyclic) bond motifs is 1. The van der Waals surface area contributed by atoms with Gasteiger partial charge in [-0.25, -0.2) is 19.4 Å². The van der Waals surface area contributed by atoms with Gasteiger partial charge in [-0.15, -0.1) is 0 Å². The van der Waals surface area contributed by atoms with Crippen LogP contribution in [0.4, 0.5) is 10.6 Å². The molecule has 0 bridgehead atoms. The van der Waals surface area contributed by atoms with E-state index in [1.807, 2.05) is 27.8 Å². The lowest BCUT2D eigenvalue weighted by atomic mass is 9.98. The molecule has 0 radical (unpaired) electrons. The van der Waals surface area contributed by atoms with Gasteiger partial charge >= 0.3 is 6.09 Å².